The highest BCUT2D eigenvalue weighted by Crippen LogP contribution is 2.43. The van der Waals surface area contributed by atoms with E-state index >= 15 is 0 Å². The van der Waals surface area contributed by atoms with E-state index in [4.69, 9.17) is 5.11 Å². The Kier molecular flexibility index (Phi) is 2.16. The lowest BCUT2D eigenvalue weighted by Crippen LogP contribution is -1.91. The molecule has 0 fully saturated rings. The first-order valence-corrected chi connectivity index (χ1v) is 6.41. The molecule has 0 unspecified atom stereocenters. The van der Waals surface area contributed by atoms with Crippen LogP contribution in [0.5, 0.6) is 0 Å². The lowest BCUT2D eigenvalue weighted by molar-refractivity contribution is 0.0702. The van der Waals surface area contributed by atoms with Crippen molar-refractivity contribution < 1.29 is 9.90 Å². The van der Waals surface area contributed by atoms with Gasteiger partial charge in [-0.3, -0.25) is 0 Å². The van der Waals surface area contributed by atoms with Crippen molar-refractivity contribution in [2.45, 2.75) is 6.42 Å². The molecule has 2 aromatic rings. The summed E-state index contributed by atoms with van der Waals surface area (Å²) in [4.78, 5) is 12.4. The van der Waals surface area contributed by atoms with E-state index in [9.17, 15) is 4.79 Å². The third-order valence-electron chi connectivity index (χ3n) is 2.71. The van der Waals surface area contributed by atoms with E-state index in [-0.39, 0.29) is 0 Å². The third-order valence-corrected chi connectivity index (χ3v) is 4.40. The van der Waals surface area contributed by atoms with E-state index in [1.54, 1.807) is 6.07 Å². The average molecular weight is 295 g/mol. The Morgan fingerprint density at radius 1 is 1.31 bits per heavy atom. The zero-order valence-electron chi connectivity index (χ0n) is 8.16. The number of aromatic carboxylic acids is 1. The summed E-state index contributed by atoms with van der Waals surface area (Å²) in [5.41, 5.74) is 3.58. The van der Waals surface area contributed by atoms with E-state index in [0.717, 1.165) is 21.3 Å². The van der Waals surface area contributed by atoms with Crippen LogP contribution in [-0.4, -0.2) is 11.1 Å². The van der Waals surface area contributed by atoms with Crippen LogP contribution in [0.25, 0.3) is 10.4 Å². The van der Waals surface area contributed by atoms with Crippen molar-refractivity contribution >= 4 is 33.2 Å². The molecule has 0 saturated carbocycles. The highest BCUT2D eigenvalue weighted by Gasteiger charge is 2.23. The van der Waals surface area contributed by atoms with Crippen LogP contribution in [0.1, 0.15) is 20.8 Å². The van der Waals surface area contributed by atoms with Crippen molar-refractivity contribution in [3.63, 3.8) is 0 Å². The first kappa shape index (κ1) is 10.1. The Balaban J connectivity index is 2.16. The Labute approximate surface area is 105 Å². The maximum Gasteiger partial charge on any atom is 0.345 e. The van der Waals surface area contributed by atoms with Crippen molar-refractivity contribution in [1.82, 2.24) is 0 Å². The summed E-state index contributed by atoms with van der Waals surface area (Å²) >= 11 is 4.81. The van der Waals surface area contributed by atoms with Gasteiger partial charge in [0.15, 0.2) is 0 Å². The first-order valence-electron chi connectivity index (χ1n) is 4.80. The van der Waals surface area contributed by atoms with Gasteiger partial charge in [0.2, 0.25) is 0 Å². The van der Waals surface area contributed by atoms with E-state index < -0.39 is 5.97 Å². The predicted octanol–water partition coefficient (Wildman–Crippen LogP) is 3.78. The minimum atomic E-state index is -0.835. The van der Waals surface area contributed by atoms with E-state index in [1.807, 2.05) is 12.1 Å². The maximum absolute atomic E-state index is 10.9. The molecule has 1 aromatic heterocycles. The first-order chi connectivity index (χ1) is 7.65. The number of halogens is 1. The molecule has 1 heterocycles. The van der Waals surface area contributed by atoms with Gasteiger partial charge in [-0.05, 0) is 41.3 Å². The Morgan fingerprint density at radius 2 is 2.12 bits per heavy atom. The summed E-state index contributed by atoms with van der Waals surface area (Å²) in [5, 5.41) is 8.94. The molecule has 4 heteroatoms. The maximum atomic E-state index is 10.9. The minimum Gasteiger partial charge on any atom is -0.477 e. The summed E-state index contributed by atoms with van der Waals surface area (Å²) < 4.78 is 1.07. The molecular weight excluding hydrogens is 288 g/mol. The molecule has 0 aliphatic heterocycles. The molecular formula is C12H7BrO2S. The van der Waals surface area contributed by atoms with Crippen molar-refractivity contribution in [2.24, 2.45) is 0 Å². The number of hydrogen-bond donors (Lipinski definition) is 1. The van der Waals surface area contributed by atoms with Gasteiger partial charge in [-0.25, -0.2) is 4.79 Å². The SMILES string of the molecule is O=C(O)c1cc2c(s1)-c1ccc(Br)cc1C2. The zero-order valence-corrected chi connectivity index (χ0v) is 10.6. The molecule has 16 heavy (non-hydrogen) atoms. The fourth-order valence-electron chi connectivity index (χ4n) is 2.03. The van der Waals surface area contributed by atoms with Crippen molar-refractivity contribution in [3.8, 4) is 10.4 Å². The minimum absolute atomic E-state index is 0.429. The van der Waals surface area contributed by atoms with Crippen molar-refractivity contribution in [2.75, 3.05) is 0 Å². The number of carbonyl (C=O) groups is 1. The number of carboxylic acid groups (broad SMARTS) is 1. The van der Waals surface area contributed by atoms with E-state index in [1.165, 1.54) is 22.5 Å². The van der Waals surface area contributed by atoms with Crippen LogP contribution in [0.15, 0.2) is 28.7 Å². The number of carboxylic acids is 1. The van der Waals surface area contributed by atoms with Crippen LogP contribution < -0.4 is 0 Å². The van der Waals surface area contributed by atoms with Gasteiger partial charge < -0.3 is 5.11 Å². The van der Waals surface area contributed by atoms with Gasteiger partial charge in [0.25, 0.3) is 0 Å². The van der Waals surface area contributed by atoms with Gasteiger partial charge in [-0.15, -0.1) is 11.3 Å². The molecule has 0 bridgehead atoms. The predicted molar refractivity (Wildman–Crippen MR) is 67.2 cm³/mol. The molecule has 0 atom stereocenters. The van der Waals surface area contributed by atoms with Gasteiger partial charge in [-0.1, -0.05) is 22.0 Å². The summed E-state index contributed by atoms with van der Waals surface area (Å²) in [5.74, 6) is -0.835. The normalized spacial score (nSPS) is 12.3. The molecule has 1 N–H and O–H groups in total. The molecule has 0 amide bonds. The third kappa shape index (κ3) is 1.41. The fourth-order valence-corrected chi connectivity index (χ4v) is 3.52. The number of benzene rings is 1. The van der Waals surface area contributed by atoms with Gasteiger partial charge in [0.05, 0.1) is 0 Å². The zero-order chi connectivity index (χ0) is 11.3. The largest absolute Gasteiger partial charge is 0.477 e. The quantitative estimate of drug-likeness (QED) is 0.742. The number of rotatable bonds is 1. The van der Waals surface area contributed by atoms with Crippen LogP contribution in [0.2, 0.25) is 0 Å². The van der Waals surface area contributed by atoms with Crippen LogP contribution in [-0.2, 0) is 6.42 Å². The molecule has 2 nitrogen and oxygen atoms in total. The average Bonchev–Trinajstić information content (AvgIpc) is 2.73. The van der Waals surface area contributed by atoms with E-state index in [0.29, 0.717) is 4.88 Å². The van der Waals surface area contributed by atoms with Crippen LogP contribution >= 0.6 is 27.3 Å². The molecule has 80 valence electrons. The molecule has 0 spiro atoms. The lowest BCUT2D eigenvalue weighted by Gasteiger charge is -1.99. The Morgan fingerprint density at radius 3 is 2.88 bits per heavy atom. The Hall–Kier alpha value is -1.13. The van der Waals surface area contributed by atoms with Crippen LogP contribution in [0, 0.1) is 0 Å². The standard InChI is InChI=1S/C12H7BrO2S/c13-8-1-2-9-6(4-8)3-7-5-10(12(14)15)16-11(7)9/h1-2,4-5H,3H2,(H,14,15). The highest BCUT2D eigenvalue weighted by molar-refractivity contribution is 9.10. The fraction of sp³-hybridized carbons (Fsp3) is 0.0833. The van der Waals surface area contributed by atoms with Crippen molar-refractivity contribution in [3.05, 3.63) is 44.7 Å². The summed E-state index contributed by atoms with van der Waals surface area (Å²) in [6, 6.07) is 7.93. The second-order valence-corrected chi connectivity index (χ2v) is 5.72. The van der Waals surface area contributed by atoms with Gasteiger partial charge in [0.1, 0.15) is 4.88 Å². The Bertz CT molecular complexity index is 601. The molecule has 0 radical (unpaired) electrons. The smallest absolute Gasteiger partial charge is 0.345 e. The lowest BCUT2D eigenvalue weighted by atomic mass is 10.1. The second-order valence-electron chi connectivity index (χ2n) is 3.75. The molecule has 1 aromatic carbocycles. The second kappa shape index (κ2) is 3.43. The van der Waals surface area contributed by atoms with Gasteiger partial charge in [-0.2, -0.15) is 0 Å². The monoisotopic (exact) mass is 294 g/mol. The number of thiophene rings is 1. The molecule has 1 aliphatic rings. The van der Waals surface area contributed by atoms with E-state index in [2.05, 4.69) is 22.0 Å². The molecule has 3 rings (SSSR count). The summed E-state index contributed by atoms with van der Waals surface area (Å²) in [7, 11) is 0. The highest BCUT2D eigenvalue weighted by atomic mass is 79.9. The number of fused-ring (bicyclic) bond motifs is 3. The van der Waals surface area contributed by atoms with Crippen LogP contribution in [0.3, 0.4) is 0 Å². The summed E-state index contributed by atoms with van der Waals surface area (Å²) in [6.07, 6.45) is 0.841. The van der Waals surface area contributed by atoms with Gasteiger partial charge in [0, 0.05) is 9.35 Å². The van der Waals surface area contributed by atoms with Crippen molar-refractivity contribution in [1.29, 1.82) is 0 Å². The summed E-state index contributed by atoms with van der Waals surface area (Å²) in [6.45, 7) is 0. The topological polar surface area (TPSA) is 37.3 Å². The molecule has 0 saturated heterocycles. The molecule has 1 aliphatic carbocycles. The van der Waals surface area contributed by atoms with Crippen LogP contribution in [0.4, 0.5) is 0 Å². The van der Waals surface area contributed by atoms with Gasteiger partial charge >= 0.3 is 5.97 Å². The number of hydrogen-bond acceptors (Lipinski definition) is 2.